The minimum absolute atomic E-state index is 0.232. The van der Waals surface area contributed by atoms with Gasteiger partial charge in [-0.05, 0) is 31.5 Å². The summed E-state index contributed by atoms with van der Waals surface area (Å²) in [6.45, 7) is 5.10. The average molecular weight is 326 g/mol. The zero-order valence-corrected chi connectivity index (χ0v) is 14.3. The lowest BCUT2D eigenvalue weighted by molar-refractivity contribution is -0.885. The van der Waals surface area contributed by atoms with Crippen LogP contribution < -0.4 is 15.5 Å². The van der Waals surface area contributed by atoms with Crippen molar-refractivity contribution in [3.63, 3.8) is 0 Å². The molecule has 0 aliphatic carbocycles. The SMILES string of the molecule is Cc1ccc(C[NH+](C)CC(=O)NC(=O)Nc2ccccc2)c(C)c1. The second-order valence-electron chi connectivity index (χ2n) is 6.11. The summed E-state index contributed by atoms with van der Waals surface area (Å²) in [5, 5.41) is 4.99. The summed E-state index contributed by atoms with van der Waals surface area (Å²) in [4.78, 5) is 24.8. The number of aryl methyl sites for hydroxylation is 2. The first kappa shape index (κ1) is 17.7. The minimum Gasteiger partial charge on any atom is -0.326 e. The van der Waals surface area contributed by atoms with Crippen LogP contribution >= 0.6 is 0 Å². The zero-order chi connectivity index (χ0) is 17.5. The van der Waals surface area contributed by atoms with Crippen molar-refractivity contribution in [2.45, 2.75) is 20.4 Å². The topological polar surface area (TPSA) is 62.6 Å². The Labute approximate surface area is 142 Å². The number of anilines is 1. The molecular formula is C19H24N3O2+. The number of carbonyl (C=O) groups is 2. The Kier molecular flexibility index (Phi) is 6.09. The van der Waals surface area contributed by atoms with Gasteiger partial charge in [0.2, 0.25) is 0 Å². The number of rotatable bonds is 5. The molecule has 2 aromatic carbocycles. The van der Waals surface area contributed by atoms with Gasteiger partial charge in [-0.3, -0.25) is 10.1 Å². The van der Waals surface area contributed by atoms with Crippen LogP contribution in [0.5, 0.6) is 0 Å². The van der Waals surface area contributed by atoms with Gasteiger partial charge in [0, 0.05) is 11.3 Å². The van der Waals surface area contributed by atoms with E-state index in [2.05, 4.69) is 42.7 Å². The monoisotopic (exact) mass is 326 g/mol. The van der Waals surface area contributed by atoms with Crippen molar-refractivity contribution in [3.8, 4) is 0 Å². The van der Waals surface area contributed by atoms with Gasteiger partial charge in [-0.2, -0.15) is 0 Å². The Balaban J connectivity index is 1.82. The van der Waals surface area contributed by atoms with Gasteiger partial charge in [0.1, 0.15) is 6.54 Å². The molecule has 0 saturated heterocycles. The van der Waals surface area contributed by atoms with Gasteiger partial charge >= 0.3 is 6.03 Å². The number of benzene rings is 2. The molecule has 1 unspecified atom stereocenters. The van der Waals surface area contributed by atoms with E-state index < -0.39 is 6.03 Å². The summed E-state index contributed by atoms with van der Waals surface area (Å²) in [5.41, 5.74) is 4.30. The van der Waals surface area contributed by atoms with Gasteiger partial charge in [-0.1, -0.05) is 42.0 Å². The van der Waals surface area contributed by atoms with Gasteiger partial charge < -0.3 is 10.2 Å². The molecule has 2 aromatic rings. The third-order valence-electron chi connectivity index (χ3n) is 3.74. The number of likely N-dealkylation sites (N-methyl/N-ethyl adjacent to an activating group) is 1. The van der Waals surface area contributed by atoms with Crippen LogP contribution in [0.15, 0.2) is 48.5 Å². The molecule has 0 saturated carbocycles. The smallest absolute Gasteiger partial charge is 0.326 e. The van der Waals surface area contributed by atoms with Gasteiger partial charge in [-0.25, -0.2) is 4.79 Å². The number of carbonyl (C=O) groups excluding carboxylic acids is 2. The average Bonchev–Trinajstić information content (AvgIpc) is 2.50. The van der Waals surface area contributed by atoms with Crippen LogP contribution in [0, 0.1) is 13.8 Å². The molecule has 0 aliphatic rings. The molecule has 5 heteroatoms. The Morgan fingerprint density at radius 3 is 2.42 bits per heavy atom. The molecule has 0 aliphatic heterocycles. The van der Waals surface area contributed by atoms with Gasteiger partial charge in [0.15, 0.2) is 6.54 Å². The highest BCUT2D eigenvalue weighted by atomic mass is 16.2. The number of quaternary nitrogens is 1. The molecule has 0 spiro atoms. The van der Waals surface area contributed by atoms with E-state index in [1.807, 2.05) is 25.2 Å². The van der Waals surface area contributed by atoms with Crippen LogP contribution in [0.4, 0.5) is 10.5 Å². The highest BCUT2D eigenvalue weighted by Gasteiger charge is 2.14. The van der Waals surface area contributed by atoms with Crippen molar-refractivity contribution in [3.05, 3.63) is 65.2 Å². The van der Waals surface area contributed by atoms with Gasteiger partial charge in [0.25, 0.3) is 5.91 Å². The first-order chi connectivity index (χ1) is 11.4. The van der Waals surface area contributed by atoms with E-state index >= 15 is 0 Å². The van der Waals surface area contributed by atoms with Gasteiger partial charge in [0.05, 0.1) is 7.05 Å². The molecule has 0 radical (unpaired) electrons. The molecule has 3 N–H and O–H groups in total. The van der Waals surface area contributed by atoms with Crippen molar-refractivity contribution in [2.75, 3.05) is 18.9 Å². The van der Waals surface area contributed by atoms with Crippen molar-refractivity contribution in [1.82, 2.24) is 5.32 Å². The predicted octanol–water partition coefficient (Wildman–Crippen LogP) is 1.67. The third kappa shape index (κ3) is 5.52. The fraction of sp³-hybridized carbons (Fsp3) is 0.263. The van der Waals surface area contributed by atoms with E-state index in [-0.39, 0.29) is 12.5 Å². The molecule has 3 amide bonds. The van der Waals surface area contributed by atoms with Crippen LogP contribution in [0.2, 0.25) is 0 Å². The molecule has 1 atom stereocenters. The Morgan fingerprint density at radius 1 is 1.04 bits per heavy atom. The lowest BCUT2D eigenvalue weighted by Crippen LogP contribution is -3.09. The van der Waals surface area contributed by atoms with E-state index in [4.69, 9.17) is 0 Å². The number of amides is 3. The van der Waals surface area contributed by atoms with Crippen LogP contribution in [-0.4, -0.2) is 25.5 Å². The molecular weight excluding hydrogens is 302 g/mol. The highest BCUT2D eigenvalue weighted by molar-refractivity contribution is 6.01. The van der Waals surface area contributed by atoms with E-state index in [1.165, 1.54) is 16.7 Å². The molecule has 126 valence electrons. The first-order valence-electron chi connectivity index (χ1n) is 7.97. The van der Waals surface area contributed by atoms with Crippen molar-refractivity contribution in [1.29, 1.82) is 0 Å². The first-order valence-corrected chi connectivity index (χ1v) is 7.97. The van der Waals surface area contributed by atoms with Crippen molar-refractivity contribution < 1.29 is 14.5 Å². The van der Waals surface area contributed by atoms with Crippen molar-refractivity contribution >= 4 is 17.6 Å². The number of imide groups is 1. The number of hydrogen-bond donors (Lipinski definition) is 3. The van der Waals surface area contributed by atoms with Crippen LogP contribution in [0.25, 0.3) is 0 Å². The molecule has 0 bridgehead atoms. The van der Waals surface area contributed by atoms with Crippen LogP contribution in [0.3, 0.4) is 0 Å². The second-order valence-corrected chi connectivity index (χ2v) is 6.11. The summed E-state index contributed by atoms with van der Waals surface area (Å²) >= 11 is 0. The summed E-state index contributed by atoms with van der Waals surface area (Å²) in [5.74, 6) is -0.300. The number of hydrogen-bond acceptors (Lipinski definition) is 2. The summed E-state index contributed by atoms with van der Waals surface area (Å²) < 4.78 is 0. The summed E-state index contributed by atoms with van der Waals surface area (Å²) in [7, 11) is 1.94. The summed E-state index contributed by atoms with van der Waals surface area (Å²) in [6, 6.07) is 14.8. The Morgan fingerprint density at radius 2 is 1.75 bits per heavy atom. The maximum Gasteiger partial charge on any atom is 0.326 e. The molecule has 0 heterocycles. The minimum atomic E-state index is -0.509. The maximum absolute atomic E-state index is 12.0. The molecule has 0 aromatic heterocycles. The largest absolute Gasteiger partial charge is 0.326 e. The number of para-hydroxylation sites is 1. The second kappa shape index (κ2) is 8.26. The molecule has 0 fully saturated rings. The van der Waals surface area contributed by atoms with Crippen LogP contribution in [-0.2, 0) is 11.3 Å². The fourth-order valence-corrected chi connectivity index (χ4v) is 2.56. The lowest BCUT2D eigenvalue weighted by Gasteiger charge is -2.15. The van der Waals surface area contributed by atoms with Crippen LogP contribution in [0.1, 0.15) is 16.7 Å². The molecule has 2 rings (SSSR count). The van der Waals surface area contributed by atoms with E-state index in [9.17, 15) is 9.59 Å². The predicted molar refractivity (Wildman–Crippen MR) is 95.0 cm³/mol. The molecule has 5 nitrogen and oxygen atoms in total. The standard InChI is InChI=1S/C19H23N3O2/c1-14-9-10-16(15(2)11-14)12-22(3)13-18(23)21-19(24)20-17-7-5-4-6-8-17/h4-11H,12-13H2,1-3H3,(H2,20,21,23,24)/p+1. The summed E-state index contributed by atoms with van der Waals surface area (Å²) in [6.07, 6.45) is 0. The Hall–Kier alpha value is -2.66. The fourth-order valence-electron chi connectivity index (χ4n) is 2.56. The number of urea groups is 1. The normalized spacial score (nSPS) is 11.6. The molecule has 24 heavy (non-hydrogen) atoms. The third-order valence-corrected chi connectivity index (χ3v) is 3.74. The van der Waals surface area contributed by atoms with E-state index in [1.54, 1.807) is 12.1 Å². The highest BCUT2D eigenvalue weighted by Crippen LogP contribution is 2.09. The van der Waals surface area contributed by atoms with Crippen molar-refractivity contribution in [2.24, 2.45) is 0 Å². The van der Waals surface area contributed by atoms with E-state index in [0.717, 1.165) is 11.4 Å². The Bertz CT molecular complexity index is 714. The maximum atomic E-state index is 12.0. The quantitative estimate of drug-likeness (QED) is 0.783. The van der Waals surface area contributed by atoms with Gasteiger partial charge in [-0.15, -0.1) is 0 Å². The number of nitrogens with one attached hydrogen (secondary N) is 3. The van der Waals surface area contributed by atoms with E-state index in [0.29, 0.717) is 5.69 Å². The zero-order valence-electron chi connectivity index (χ0n) is 14.3. The lowest BCUT2D eigenvalue weighted by atomic mass is 10.1.